The van der Waals surface area contributed by atoms with E-state index in [2.05, 4.69) is 20.7 Å². The maximum atomic E-state index is 13.0. The molecule has 0 fully saturated rings. The molecule has 0 radical (unpaired) electrons. The number of rotatable bonds is 14. The Bertz CT molecular complexity index is 1280. The monoisotopic (exact) mass is 550 g/mol. The highest BCUT2D eigenvalue weighted by atomic mass is 16.5. The van der Waals surface area contributed by atoms with Gasteiger partial charge in [-0.3, -0.25) is 9.59 Å². The lowest BCUT2D eigenvalue weighted by Crippen LogP contribution is -2.52. The van der Waals surface area contributed by atoms with Gasteiger partial charge < -0.3 is 37.1 Å². The number of aliphatic carboxylic acids is 1. The van der Waals surface area contributed by atoms with Crippen LogP contribution in [0, 0.1) is 0 Å². The molecule has 0 spiro atoms. The zero-order chi connectivity index (χ0) is 29.1. The molecule has 0 aromatic heterocycles. The summed E-state index contributed by atoms with van der Waals surface area (Å²) in [7, 11) is 0. The molecule has 1 aliphatic rings. The van der Waals surface area contributed by atoms with Crippen molar-refractivity contribution in [2.75, 3.05) is 13.2 Å². The van der Waals surface area contributed by atoms with Crippen molar-refractivity contribution in [3.63, 3.8) is 0 Å². The molecule has 13 nitrogen and oxygen atoms in total. The fraction of sp³-hybridized carbons (Fsp3) is 0.333. The number of urea groups is 1. The van der Waals surface area contributed by atoms with Crippen LogP contribution < -0.4 is 21.7 Å². The molecule has 13 heteroatoms. The maximum absolute atomic E-state index is 13.0. The van der Waals surface area contributed by atoms with Crippen molar-refractivity contribution in [3.05, 3.63) is 65.2 Å². The number of nitrogens with zero attached hydrogens (tertiary/aromatic N) is 2. The van der Waals surface area contributed by atoms with Crippen molar-refractivity contribution in [1.29, 1.82) is 0 Å². The summed E-state index contributed by atoms with van der Waals surface area (Å²) in [5, 5.41) is 16.7. The molecule has 6 N–H and O–H groups in total. The number of hydrogen-bond donors (Lipinski definition) is 5. The van der Waals surface area contributed by atoms with Crippen molar-refractivity contribution < 1.29 is 38.6 Å². The lowest BCUT2D eigenvalue weighted by atomic mass is 9.98. The van der Waals surface area contributed by atoms with Crippen molar-refractivity contribution in [2.45, 2.75) is 43.7 Å². The number of nitrogens with one attached hydrogen (secondary N) is 3. The van der Waals surface area contributed by atoms with Gasteiger partial charge in [0.05, 0.1) is 0 Å². The van der Waals surface area contributed by atoms with Crippen LogP contribution in [-0.4, -0.2) is 71.1 Å². The van der Waals surface area contributed by atoms with Crippen molar-refractivity contribution in [2.24, 2.45) is 5.73 Å². The van der Waals surface area contributed by atoms with Crippen LogP contribution in [0.5, 0.6) is 0 Å². The van der Waals surface area contributed by atoms with Crippen molar-refractivity contribution in [3.8, 4) is 11.1 Å². The molecule has 40 heavy (non-hydrogen) atoms. The van der Waals surface area contributed by atoms with E-state index in [1.54, 1.807) is 0 Å². The first kappa shape index (κ1) is 29.5. The Hall–Kier alpha value is -5.03. The van der Waals surface area contributed by atoms with E-state index >= 15 is 0 Å². The zero-order valence-corrected chi connectivity index (χ0v) is 21.5. The number of fused-ring (bicyclic) bond motifs is 3. The average Bonchev–Trinajstić information content (AvgIpc) is 3.24. The normalized spacial score (nSPS) is 13.0. The first-order valence-corrected chi connectivity index (χ1v) is 12.6. The van der Waals surface area contributed by atoms with Gasteiger partial charge in [-0.15, -0.1) is 0 Å². The van der Waals surface area contributed by atoms with Gasteiger partial charge in [-0.1, -0.05) is 48.5 Å². The van der Waals surface area contributed by atoms with E-state index in [1.165, 1.54) is 0 Å². The summed E-state index contributed by atoms with van der Waals surface area (Å²) in [6.07, 6.45) is -0.562. The average molecular weight is 551 g/mol. The number of carbonyl (C=O) groups is 5. The summed E-state index contributed by atoms with van der Waals surface area (Å²) in [6, 6.07) is 12.2. The minimum atomic E-state index is -1.45. The van der Waals surface area contributed by atoms with Crippen LogP contribution >= 0.6 is 0 Å². The van der Waals surface area contributed by atoms with E-state index in [0.717, 1.165) is 22.3 Å². The lowest BCUT2D eigenvalue weighted by molar-refractivity contribution is -0.142. The quantitative estimate of drug-likeness (QED) is 0.101. The molecular formula is C27H30N6O7. The van der Waals surface area contributed by atoms with Gasteiger partial charge >= 0.3 is 24.3 Å². The first-order valence-electron chi connectivity index (χ1n) is 12.6. The van der Waals surface area contributed by atoms with Gasteiger partial charge in [-0.05, 0) is 41.5 Å². The fourth-order valence-electron chi connectivity index (χ4n) is 4.51. The third kappa shape index (κ3) is 7.98. The summed E-state index contributed by atoms with van der Waals surface area (Å²) < 4.78 is 5.50. The van der Waals surface area contributed by atoms with Gasteiger partial charge in [0.25, 0.3) is 0 Å². The highest BCUT2D eigenvalue weighted by molar-refractivity contribution is 6.25. The van der Waals surface area contributed by atoms with E-state index in [-0.39, 0.29) is 44.8 Å². The summed E-state index contributed by atoms with van der Waals surface area (Å²) in [4.78, 5) is 62.5. The number of carboxylic acid groups (broad SMARTS) is 1. The molecule has 2 aromatic rings. The molecule has 1 aliphatic carbocycles. The molecule has 0 saturated heterocycles. The molecule has 2 aromatic carbocycles. The second-order valence-corrected chi connectivity index (χ2v) is 9.10. The van der Waals surface area contributed by atoms with Crippen LogP contribution in [0.25, 0.3) is 16.7 Å². The fourth-order valence-corrected chi connectivity index (χ4v) is 4.51. The number of Topliss-reactive ketones (excluding diaryl/α,β-unsaturated/α-hetero) is 1. The number of carbonyl (C=O) groups excluding carboxylic acids is 4. The Kier molecular flexibility index (Phi) is 10.5. The number of carboxylic acids is 1. The number of nitrogens with two attached hydrogens (primary N) is 1. The number of benzene rings is 2. The molecule has 2 unspecified atom stereocenters. The van der Waals surface area contributed by atoms with Crippen LogP contribution in [0.15, 0.2) is 48.5 Å². The predicted molar refractivity (Wildman–Crippen MR) is 142 cm³/mol. The van der Waals surface area contributed by atoms with Crippen LogP contribution in [-0.2, 0) is 19.1 Å². The number of amides is 4. The lowest BCUT2D eigenvalue weighted by Gasteiger charge is -2.22. The number of hydrogen-bond acceptors (Lipinski definition) is 6. The minimum Gasteiger partial charge on any atom is -0.480 e. The van der Waals surface area contributed by atoms with Gasteiger partial charge in [0, 0.05) is 18.9 Å². The molecule has 4 amide bonds. The topological polar surface area (TPSA) is 213 Å². The van der Waals surface area contributed by atoms with Gasteiger partial charge in [-0.2, -0.15) is 4.79 Å². The van der Waals surface area contributed by atoms with Gasteiger partial charge in [-0.25, -0.2) is 14.4 Å². The standard InChI is InChI=1S/C27H30N6O7/c28-26(38)30-13-5-10-22(24(35)32-23(25(36)37)12-11-16(34)14-31-29)33-27(39)40-15-21-19-8-3-1-6-17(19)18-7-2-4-9-20(18)21/h1-4,6-9,14,21-23H,5,10-13,15H2,(H,32,35)(H,33,39)(H,36,37)(H3,28,30,38). The van der Waals surface area contributed by atoms with E-state index in [1.807, 2.05) is 48.5 Å². The molecule has 210 valence electrons. The number of ketones is 1. The minimum absolute atomic E-state index is 0.00367. The van der Waals surface area contributed by atoms with E-state index in [4.69, 9.17) is 16.0 Å². The zero-order valence-electron chi connectivity index (χ0n) is 21.5. The second kappa shape index (κ2) is 14.2. The highest BCUT2D eigenvalue weighted by Crippen LogP contribution is 2.44. The molecular weight excluding hydrogens is 520 g/mol. The Morgan fingerprint density at radius 1 is 0.975 bits per heavy atom. The Balaban J connectivity index is 1.66. The Labute approximate surface area is 229 Å². The first-order chi connectivity index (χ1) is 19.2. The third-order valence-electron chi connectivity index (χ3n) is 6.42. The highest BCUT2D eigenvalue weighted by Gasteiger charge is 2.31. The number of primary amides is 1. The summed E-state index contributed by atoms with van der Waals surface area (Å²) >= 11 is 0. The van der Waals surface area contributed by atoms with Crippen molar-refractivity contribution >= 4 is 36.0 Å². The summed E-state index contributed by atoms with van der Waals surface area (Å²) in [5.74, 6) is -3.05. The molecule has 0 saturated carbocycles. The SMILES string of the molecule is [N-]=[N+]=CC(=O)CCC(NC(=O)C(CCCNC(N)=O)NC(=O)OCC1c2ccccc2-c2ccccc21)C(=O)O. The van der Waals surface area contributed by atoms with Gasteiger partial charge in [0.1, 0.15) is 18.7 Å². The van der Waals surface area contributed by atoms with E-state index in [9.17, 15) is 29.1 Å². The van der Waals surface area contributed by atoms with E-state index < -0.39 is 41.9 Å². The van der Waals surface area contributed by atoms with E-state index in [0.29, 0.717) is 6.21 Å². The van der Waals surface area contributed by atoms with Crippen molar-refractivity contribution in [1.82, 2.24) is 16.0 Å². The number of alkyl carbamates (subject to hydrolysis) is 1. The molecule has 3 rings (SSSR count). The van der Waals surface area contributed by atoms with Crippen LogP contribution in [0.4, 0.5) is 9.59 Å². The summed E-state index contributed by atoms with van der Waals surface area (Å²) in [5.41, 5.74) is 17.6. The largest absolute Gasteiger partial charge is 0.480 e. The molecule has 0 heterocycles. The maximum Gasteiger partial charge on any atom is 0.407 e. The molecule has 0 aliphatic heterocycles. The van der Waals surface area contributed by atoms with Crippen LogP contribution in [0.2, 0.25) is 0 Å². The molecule has 2 atom stereocenters. The third-order valence-corrected chi connectivity index (χ3v) is 6.42. The van der Waals surface area contributed by atoms with Gasteiger partial charge in [0.2, 0.25) is 11.7 Å². The Morgan fingerprint density at radius 3 is 2.17 bits per heavy atom. The predicted octanol–water partition coefficient (Wildman–Crippen LogP) is 1.56. The summed E-state index contributed by atoms with van der Waals surface area (Å²) in [6.45, 7) is 0.118. The number of ether oxygens (including phenoxy) is 1. The van der Waals surface area contributed by atoms with Crippen LogP contribution in [0.1, 0.15) is 42.7 Å². The Morgan fingerprint density at radius 2 is 1.60 bits per heavy atom. The smallest absolute Gasteiger partial charge is 0.407 e. The second-order valence-electron chi connectivity index (χ2n) is 9.10. The van der Waals surface area contributed by atoms with Gasteiger partial charge in [0.15, 0.2) is 0 Å². The molecule has 0 bridgehead atoms. The van der Waals surface area contributed by atoms with Crippen LogP contribution in [0.3, 0.4) is 0 Å².